The van der Waals surface area contributed by atoms with E-state index < -0.39 is 0 Å². The van der Waals surface area contributed by atoms with E-state index in [-0.39, 0.29) is 5.91 Å². The molecule has 0 bridgehead atoms. The van der Waals surface area contributed by atoms with Gasteiger partial charge in [-0.05, 0) is 77.8 Å². The molecule has 5 rings (SSSR count). The number of carbonyl (C=O) groups excluding carboxylic acids is 1. The number of hydrogen-bond acceptors (Lipinski definition) is 1. The quantitative estimate of drug-likeness (QED) is 0.626. The van der Waals surface area contributed by atoms with Crippen LogP contribution in [0, 0.1) is 6.92 Å². The Hall–Kier alpha value is -2.61. The largest absolute Gasteiger partial charge is 0.308 e. The highest BCUT2D eigenvalue weighted by molar-refractivity contribution is 6.15. The molecule has 2 aliphatic rings. The summed E-state index contributed by atoms with van der Waals surface area (Å²) in [4.78, 5) is 15.4. The predicted molar refractivity (Wildman–Crippen MR) is 103 cm³/mol. The van der Waals surface area contributed by atoms with E-state index >= 15 is 0 Å². The minimum atomic E-state index is 0.141. The normalized spacial score (nSPS) is 15.5. The molecule has 1 heterocycles. The van der Waals surface area contributed by atoms with E-state index in [2.05, 4.69) is 49.4 Å². The van der Waals surface area contributed by atoms with Crippen molar-refractivity contribution >= 4 is 22.4 Å². The van der Waals surface area contributed by atoms with Gasteiger partial charge in [-0.3, -0.25) is 4.79 Å². The molecule has 0 unspecified atom stereocenters. The van der Waals surface area contributed by atoms with E-state index in [1.165, 1.54) is 27.6 Å². The first kappa shape index (κ1) is 14.7. The topological polar surface area (TPSA) is 20.3 Å². The van der Waals surface area contributed by atoms with Crippen molar-refractivity contribution < 1.29 is 4.79 Å². The van der Waals surface area contributed by atoms with Crippen LogP contribution in [-0.2, 0) is 19.3 Å². The highest BCUT2D eigenvalue weighted by Crippen LogP contribution is 2.35. The van der Waals surface area contributed by atoms with Crippen LogP contribution in [0.5, 0.6) is 0 Å². The molecule has 3 aromatic rings. The smallest absolute Gasteiger partial charge is 0.258 e. The molecule has 0 fully saturated rings. The lowest BCUT2D eigenvalue weighted by Gasteiger charge is -2.30. The van der Waals surface area contributed by atoms with Gasteiger partial charge in [0.25, 0.3) is 5.91 Å². The molecule has 2 heteroatoms. The zero-order chi connectivity index (χ0) is 17.0. The maximum atomic E-state index is 13.5. The Kier molecular flexibility index (Phi) is 3.21. The number of nitrogens with zero attached hydrogens (tertiary/aromatic N) is 1. The van der Waals surface area contributed by atoms with Crippen molar-refractivity contribution in [3.63, 3.8) is 0 Å². The first-order valence-corrected chi connectivity index (χ1v) is 9.17. The lowest BCUT2D eigenvalue weighted by atomic mass is 9.96. The molecule has 3 aromatic carbocycles. The fourth-order valence-electron chi connectivity index (χ4n) is 4.47. The summed E-state index contributed by atoms with van der Waals surface area (Å²) < 4.78 is 0. The van der Waals surface area contributed by atoms with Gasteiger partial charge < -0.3 is 4.90 Å². The maximum absolute atomic E-state index is 13.5. The molecule has 1 amide bonds. The third kappa shape index (κ3) is 2.21. The number of rotatable bonds is 1. The Morgan fingerprint density at radius 1 is 0.920 bits per heavy atom. The lowest BCUT2D eigenvalue weighted by molar-refractivity contribution is 0.0986. The fourth-order valence-corrected chi connectivity index (χ4v) is 4.47. The Morgan fingerprint density at radius 2 is 1.72 bits per heavy atom. The average Bonchev–Trinajstić information content (AvgIpc) is 3.06. The van der Waals surface area contributed by atoms with E-state index in [9.17, 15) is 4.79 Å². The second-order valence-corrected chi connectivity index (χ2v) is 7.30. The van der Waals surface area contributed by atoms with Crippen LogP contribution in [0.1, 0.15) is 39.0 Å². The number of fused-ring (bicyclic) bond motifs is 1. The number of aryl methyl sites for hydroxylation is 4. The second kappa shape index (κ2) is 5.45. The van der Waals surface area contributed by atoms with Gasteiger partial charge >= 0.3 is 0 Å². The minimum absolute atomic E-state index is 0.141. The van der Waals surface area contributed by atoms with Crippen molar-refractivity contribution in [3.8, 4) is 0 Å². The van der Waals surface area contributed by atoms with Gasteiger partial charge in [0.15, 0.2) is 0 Å². The van der Waals surface area contributed by atoms with Crippen molar-refractivity contribution in [1.29, 1.82) is 0 Å². The van der Waals surface area contributed by atoms with E-state index in [0.717, 1.165) is 48.9 Å². The molecule has 1 aliphatic carbocycles. The fraction of sp³-hybridized carbons (Fsp3) is 0.261. The summed E-state index contributed by atoms with van der Waals surface area (Å²) in [5.74, 6) is 0.141. The molecular formula is C23H21NO. The Morgan fingerprint density at radius 3 is 2.60 bits per heavy atom. The molecule has 0 saturated heterocycles. The summed E-state index contributed by atoms with van der Waals surface area (Å²) in [6.45, 7) is 2.90. The molecule has 2 nitrogen and oxygen atoms in total. The number of benzene rings is 3. The first-order chi connectivity index (χ1) is 12.2. The number of anilines is 1. The minimum Gasteiger partial charge on any atom is -0.308 e. The third-order valence-electron chi connectivity index (χ3n) is 5.71. The summed E-state index contributed by atoms with van der Waals surface area (Å²) in [5, 5.41) is 2.44. The number of hydrogen-bond donors (Lipinski definition) is 0. The predicted octanol–water partition coefficient (Wildman–Crippen LogP) is 4.84. The van der Waals surface area contributed by atoms with E-state index in [1.54, 1.807) is 0 Å². The van der Waals surface area contributed by atoms with Crippen LogP contribution in [0.2, 0.25) is 0 Å². The van der Waals surface area contributed by atoms with Gasteiger partial charge in [-0.15, -0.1) is 0 Å². The van der Waals surface area contributed by atoms with Crippen LogP contribution < -0.4 is 4.90 Å². The average molecular weight is 327 g/mol. The maximum Gasteiger partial charge on any atom is 0.258 e. The number of carbonyl (C=O) groups is 1. The zero-order valence-electron chi connectivity index (χ0n) is 14.5. The lowest BCUT2D eigenvalue weighted by Crippen LogP contribution is -2.35. The van der Waals surface area contributed by atoms with E-state index in [0.29, 0.717) is 0 Å². The van der Waals surface area contributed by atoms with Gasteiger partial charge in [-0.2, -0.15) is 0 Å². The summed E-state index contributed by atoms with van der Waals surface area (Å²) in [7, 11) is 0. The van der Waals surface area contributed by atoms with E-state index in [1.807, 2.05) is 11.0 Å². The summed E-state index contributed by atoms with van der Waals surface area (Å²) in [5.41, 5.74) is 7.21. The molecule has 1 aliphatic heterocycles. The first-order valence-electron chi connectivity index (χ1n) is 9.17. The molecule has 124 valence electrons. The molecule has 0 spiro atoms. The Balaban J connectivity index is 1.66. The molecular weight excluding hydrogens is 306 g/mol. The van der Waals surface area contributed by atoms with Gasteiger partial charge in [0.2, 0.25) is 0 Å². The van der Waals surface area contributed by atoms with Gasteiger partial charge in [0.05, 0.1) is 0 Å². The van der Waals surface area contributed by atoms with Crippen LogP contribution in [0.15, 0.2) is 48.5 Å². The van der Waals surface area contributed by atoms with Crippen LogP contribution in [0.4, 0.5) is 5.69 Å². The van der Waals surface area contributed by atoms with E-state index in [4.69, 9.17) is 0 Å². The second-order valence-electron chi connectivity index (χ2n) is 7.30. The number of amides is 1. The van der Waals surface area contributed by atoms with Crippen LogP contribution in [0.25, 0.3) is 10.8 Å². The summed E-state index contributed by atoms with van der Waals surface area (Å²) in [6, 6.07) is 17.1. The van der Waals surface area contributed by atoms with Crippen molar-refractivity contribution in [2.24, 2.45) is 0 Å². The Labute approximate surface area is 148 Å². The molecule has 25 heavy (non-hydrogen) atoms. The standard InChI is InChI=1S/C23H21NO/c1-15-7-8-16-5-3-13-24(21(16)14-15)23(25)20-12-11-18-10-9-17-4-2-6-19(20)22(17)18/h2,4,6-8,11-12,14H,3,5,9-10,13H2,1H3. The van der Waals surface area contributed by atoms with Crippen LogP contribution in [0.3, 0.4) is 0 Å². The monoisotopic (exact) mass is 327 g/mol. The Bertz CT molecular complexity index is 1010. The van der Waals surface area contributed by atoms with Gasteiger partial charge in [-0.25, -0.2) is 0 Å². The van der Waals surface area contributed by atoms with Gasteiger partial charge in [0.1, 0.15) is 0 Å². The molecule has 0 atom stereocenters. The molecule has 0 N–H and O–H groups in total. The van der Waals surface area contributed by atoms with Crippen molar-refractivity contribution in [2.45, 2.75) is 32.6 Å². The van der Waals surface area contributed by atoms with Crippen molar-refractivity contribution in [2.75, 3.05) is 11.4 Å². The van der Waals surface area contributed by atoms with Crippen molar-refractivity contribution in [3.05, 3.63) is 76.3 Å². The third-order valence-corrected chi connectivity index (χ3v) is 5.71. The summed E-state index contributed by atoms with van der Waals surface area (Å²) in [6.07, 6.45) is 4.28. The summed E-state index contributed by atoms with van der Waals surface area (Å²) >= 11 is 0. The van der Waals surface area contributed by atoms with Crippen LogP contribution in [-0.4, -0.2) is 12.5 Å². The SMILES string of the molecule is Cc1ccc2c(c1)N(C(=O)c1ccc3c4c(cccc14)CC3)CCC2. The van der Waals surface area contributed by atoms with Crippen LogP contribution >= 0.6 is 0 Å². The van der Waals surface area contributed by atoms with Gasteiger partial charge in [0, 0.05) is 17.8 Å². The zero-order valence-corrected chi connectivity index (χ0v) is 14.5. The molecule has 0 aromatic heterocycles. The van der Waals surface area contributed by atoms with Gasteiger partial charge in [-0.1, -0.05) is 36.4 Å². The highest BCUT2D eigenvalue weighted by atomic mass is 16.2. The molecule has 0 radical (unpaired) electrons. The van der Waals surface area contributed by atoms with Crippen molar-refractivity contribution in [1.82, 2.24) is 0 Å². The highest BCUT2D eigenvalue weighted by Gasteiger charge is 2.26. The molecule has 0 saturated carbocycles.